The maximum atomic E-state index is 5.70. The smallest absolute Gasteiger partial charge is 0.230 e. The quantitative estimate of drug-likeness (QED) is 0.506. The third kappa shape index (κ3) is 1.82. The molecule has 2 heterocycles. The molecule has 0 saturated heterocycles. The van der Waals surface area contributed by atoms with Gasteiger partial charge >= 0.3 is 0 Å². The summed E-state index contributed by atoms with van der Waals surface area (Å²) in [6.07, 6.45) is 1.56. The maximum absolute atomic E-state index is 5.70. The largest absolute Gasteiger partial charge is 0.443 e. The van der Waals surface area contributed by atoms with Crippen molar-refractivity contribution in [3.8, 4) is 11.3 Å². The van der Waals surface area contributed by atoms with Crippen LogP contribution in [0.4, 0.5) is 0 Å². The Labute approximate surface area is 122 Å². The number of fused-ring (bicyclic) bond motifs is 2. The molecule has 0 atom stereocenters. The van der Waals surface area contributed by atoms with Crippen LogP contribution in [0.2, 0.25) is 0 Å². The summed E-state index contributed by atoms with van der Waals surface area (Å²) >= 11 is 0. The molecule has 0 unspecified atom stereocenters. The molecular formula is C18H14N2O. The first-order valence-corrected chi connectivity index (χ1v) is 6.94. The molecule has 3 nitrogen and oxygen atoms in total. The molecule has 4 rings (SSSR count). The van der Waals surface area contributed by atoms with E-state index in [0.717, 1.165) is 28.0 Å². The van der Waals surface area contributed by atoms with Gasteiger partial charge in [-0.15, -0.1) is 0 Å². The van der Waals surface area contributed by atoms with Crippen LogP contribution in [0.5, 0.6) is 0 Å². The van der Waals surface area contributed by atoms with E-state index in [1.54, 1.807) is 6.33 Å². The molecule has 0 radical (unpaired) electrons. The van der Waals surface area contributed by atoms with Crippen molar-refractivity contribution in [1.82, 2.24) is 9.97 Å². The molecule has 0 bridgehead atoms. The van der Waals surface area contributed by atoms with E-state index in [1.807, 2.05) is 6.92 Å². The third-order valence-corrected chi connectivity index (χ3v) is 3.99. The molecule has 0 fully saturated rings. The van der Waals surface area contributed by atoms with Gasteiger partial charge < -0.3 is 4.42 Å². The average Bonchev–Trinajstić information content (AvgIpc) is 2.82. The lowest BCUT2D eigenvalue weighted by molar-refractivity contribution is 0.564. The fourth-order valence-corrected chi connectivity index (χ4v) is 2.74. The van der Waals surface area contributed by atoms with Gasteiger partial charge in [-0.1, -0.05) is 36.4 Å². The maximum Gasteiger partial charge on any atom is 0.230 e. The molecule has 0 saturated carbocycles. The predicted molar refractivity (Wildman–Crippen MR) is 84.2 cm³/mol. The zero-order valence-electron chi connectivity index (χ0n) is 11.9. The fourth-order valence-electron chi connectivity index (χ4n) is 2.74. The molecule has 0 aliphatic rings. The van der Waals surface area contributed by atoms with Crippen molar-refractivity contribution in [3.63, 3.8) is 0 Å². The summed E-state index contributed by atoms with van der Waals surface area (Å²) in [5.41, 5.74) is 3.78. The number of aryl methyl sites for hydroxylation is 2. The molecule has 3 heteroatoms. The lowest BCUT2D eigenvalue weighted by Crippen LogP contribution is -1.88. The van der Waals surface area contributed by atoms with Crippen LogP contribution in [0.3, 0.4) is 0 Å². The Hall–Kier alpha value is -2.68. The van der Waals surface area contributed by atoms with Gasteiger partial charge in [0.1, 0.15) is 12.1 Å². The Kier molecular flexibility index (Phi) is 2.54. The predicted octanol–water partition coefficient (Wildman–Crippen LogP) is 4.66. The van der Waals surface area contributed by atoms with Crippen LogP contribution in [0, 0.1) is 13.8 Å². The van der Waals surface area contributed by atoms with Crippen LogP contribution >= 0.6 is 0 Å². The van der Waals surface area contributed by atoms with E-state index < -0.39 is 0 Å². The second-order valence-corrected chi connectivity index (χ2v) is 5.25. The Morgan fingerprint density at radius 3 is 2.57 bits per heavy atom. The first-order valence-electron chi connectivity index (χ1n) is 6.94. The first kappa shape index (κ1) is 12.1. The third-order valence-electron chi connectivity index (χ3n) is 3.99. The van der Waals surface area contributed by atoms with Crippen molar-refractivity contribution in [2.75, 3.05) is 0 Å². The monoisotopic (exact) mass is 274 g/mol. The summed E-state index contributed by atoms with van der Waals surface area (Å²) in [5, 5.41) is 3.44. The fraction of sp³-hybridized carbons (Fsp3) is 0.111. The summed E-state index contributed by atoms with van der Waals surface area (Å²) in [5.74, 6) is 0.896. The van der Waals surface area contributed by atoms with E-state index >= 15 is 0 Å². The standard InChI is InChI=1S/C18H14N2O/c1-11-12(2)21-18-16(11)17(19-10-20-18)15-8-7-13-5-3-4-6-14(13)9-15/h3-10H,1-2H3. The molecular weight excluding hydrogens is 260 g/mol. The Morgan fingerprint density at radius 2 is 1.71 bits per heavy atom. The number of hydrogen-bond acceptors (Lipinski definition) is 3. The Morgan fingerprint density at radius 1 is 0.905 bits per heavy atom. The number of hydrogen-bond donors (Lipinski definition) is 0. The van der Waals surface area contributed by atoms with Crippen LogP contribution in [-0.2, 0) is 0 Å². The van der Waals surface area contributed by atoms with Gasteiger partial charge in [-0.2, -0.15) is 0 Å². The molecule has 2 aromatic heterocycles. The van der Waals surface area contributed by atoms with E-state index in [0.29, 0.717) is 5.71 Å². The normalized spacial score (nSPS) is 11.3. The Bertz CT molecular complexity index is 969. The zero-order chi connectivity index (χ0) is 14.4. The minimum Gasteiger partial charge on any atom is -0.443 e. The zero-order valence-corrected chi connectivity index (χ0v) is 11.9. The van der Waals surface area contributed by atoms with Gasteiger partial charge in [0, 0.05) is 11.1 Å². The van der Waals surface area contributed by atoms with Gasteiger partial charge in [0.2, 0.25) is 5.71 Å². The van der Waals surface area contributed by atoms with E-state index in [-0.39, 0.29) is 0 Å². The van der Waals surface area contributed by atoms with Crippen molar-refractivity contribution < 1.29 is 4.42 Å². The SMILES string of the molecule is Cc1oc2ncnc(-c3ccc4ccccc4c3)c2c1C. The molecule has 0 N–H and O–H groups in total. The molecule has 0 aliphatic carbocycles. The van der Waals surface area contributed by atoms with Gasteiger partial charge in [-0.25, -0.2) is 9.97 Å². The molecule has 0 spiro atoms. The molecule has 21 heavy (non-hydrogen) atoms. The summed E-state index contributed by atoms with van der Waals surface area (Å²) in [6.45, 7) is 4.01. The summed E-state index contributed by atoms with van der Waals surface area (Å²) in [4.78, 5) is 8.72. The molecule has 2 aromatic carbocycles. The van der Waals surface area contributed by atoms with E-state index in [1.165, 1.54) is 10.8 Å². The minimum absolute atomic E-state index is 0.656. The van der Waals surface area contributed by atoms with Crippen molar-refractivity contribution in [1.29, 1.82) is 0 Å². The van der Waals surface area contributed by atoms with Crippen LogP contribution in [0.15, 0.2) is 53.2 Å². The van der Waals surface area contributed by atoms with Crippen molar-refractivity contribution in [2.24, 2.45) is 0 Å². The lowest BCUT2D eigenvalue weighted by atomic mass is 10.0. The highest BCUT2D eigenvalue weighted by Gasteiger charge is 2.14. The van der Waals surface area contributed by atoms with E-state index in [2.05, 4.69) is 59.4 Å². The van der Waals surface area contributed by atoms with Crippen LogP contribution in [-0.4, -0.2) is 9.97 Å². The summed E-state index contributed by atoms with van der Waals surface area (Å²) in [6, 6.07) is 14.7. The lowest BCUT2D eigenvalue weighted by Gasteiger charge is -2.04. The molecule has 4 aromatic rings. The van der Waals surface area contributed by atoms with Crippen LogP contribution < -0.4 is 0 Å². The molecule has 102 valence electrons. The molecule has 0 aliphatic heterocycles. The van der Waals surface area contributed by atoms with Gasteiger partial charge in [0.15, 0.2) is 0 Å². The summed E-state index contributed by atoms with van der Waals surface area (Å²) < 4.78 is 5.70. The number of nitrogens with zero attached hydrogens (tertiary/aromatic N) is 2. The average molecular weight is 274 g/mol. The summed E-state index contributed by atoms with van der Waals surface area (Å²) in [7, 11) is 0. The topological polar surface area (TPSA) is 38.9 Å². The highest BCUT2D eigenvalue weighted by molar-refractivity contribution is 5.95. The van der Waals surface area contributed by atoms with E-state index in [9.17, 15) is 0 Å². The van der Waals surface area contributed by atoms with Gasteiger partial charge in [0.25, 0.3) is 0 Å². The first-order chi connectivity index (χ1) is 10.2. The molecule has 0 amide bonds. The number of aromatic nitrogens is 2. The van der Waals surface area contributed by atoms with Gasteiger partial charge in [0.05, 0.1) is 11.1 Å². The van der Waals surface area contributed by atoms with Crippen LogP contribution in [0.25, 0.3) is 33.1 Å². The minimum atomic E-state index is 0.656. The van der Waals surface area contributed by atoms with Crippen LogP contribution in [0.1, 0.15) is 11.3 Å². The van der Waals surface area contributed by atoms with Crippen molar-refractivity contribution >= 4 is 21.9 Å². The van der Waals surface area contributed by atoms with Gasteiger partial charge in [-0.3, -0.25) is 0 Å². The highest BCUT2D eigenvalue weighted by atomic mass is 16.3. The number of benzene rings is 2. The van der Waals surface area contributed by atoms with Crippen molar-refractivity contribution in [3.05, 3.63) is 60.1 Å². The highest BCUT2D eigenvalue weighted by Crippen LogP contribution is 2.32. The van der Waals surface area contributed by atoms with Crippen molar-refractivity contribution in [2.45, 2.75) is 13.8 Å². The van der Waals surface area contributed by atoms with E-state index in [4.69, 9.17) is 4.42 Å². The second kappa shape index (κ2) is 4.42. The number of rotatable bonds is 1. The number of furan rings is 1. The second-order valence-electron chi connectivity index (χ2n) is 5.25. The Balaban J connectivity index is 2.04. The van der Waals surface area contributed by atoms with Gasteiger partial charge in [-0.05, 0) is 30.7 Å².